The molecule has 0 aliphatic heterocycles. The molecule has 0 radical (unpaired) electrons. The van der Waals surface area contributed by atoms with E-state index in [2.05, 4.69) is 36.7 Å². The molecule has 1 aromatic heterocycles. The third kappa shape index (κ3) is 2.20. The average Bonchev–Trinajstić information content (AvgIpc) is 2.08. The van der Waals surface area contributed by atoms with E-state index < -0.39 is 0 Å². The summed E-state index contributed by atoms with van der Waals surface area (Å²) in [7, 11) is 0. The van der Waals surface area contributed by atoms with Crippen LogP contribution in [0.2, 0.25) is 4.34 Å². The molecule has 1 aromatic rings. The summed E-state index contributed by atoms with van der Waals surface area (Å²) in [5.74, 6) is 0. The molecule has 0 saturated heterocycles. The SMILES string of the molecule is CC(C)(C)c1sc(Cl)cc1Br. The maximum atomic E-state index is 5.86. The molecule has 11 heavy (non-hydrogen) atoms. The maximum absolute atomic E-state index is 5.86. The summed E-state index contributed by atoms with van der Waals surface area (Å²) in [6.45, 7) is 6.54. The van der Waals surface area contributed by atoms with Crippen molar-refractivity contribution in [3.63, 3.8) is 0 Å². The van der Waals surface area contributed by atoms with Gasteiger partial charge in [0, 0.05) is 9.35 Å². The summed E-state index contributed by atoms with van der Waals surface area (Å²) in [6, 6.07) is 1.95. The Morgan fingerprint density at radius 2 is 2.00 bits per heavy atom. The van der Waals surface area contributed by atoms with Crippen molar-refractivity contribution in [1.82, 2.24) is 0 Å². The van der Waals surface area contributed by atoms with Crippen molar-refractivity contribution in [3.8, 4) is 0 Å². The number of hydrogen-bond acceptors (Lipinski definition) is 1. The van der Waals surface area contributed by atoms with Crippen molar-refractivity contribution in [3.05, 3.63) is 19.8 Å². The molecule has 0 aliphatic rings. The van der Waals surface area contributed by atoms with E-state index in [1.54, 1.807) is 11.3 Å². The number of halogens is 2. The highest BCUT2D eigenvalue weighted by Gasteiger charge is 2.19. The molecule has 0 saturated carbocycles. The van der Waals surface area contributed by atoms with E-state index in [0.717, 1.165) is 8.81 Å². The molecule has 0 fully saturated rings. The van der Waals surface area contributed by atoms with E-state index in [9.17, 15) is 0 Å². The molecule has 62 valence electrons. The Morgan fingerprint density at radius 3 is 2.18 bits per heavy atom. The fraction of sp³-hybridized carbons (Fsp3) is 0.500. The van der Waals surface area contributed by atoms with Crippen LogP contribution in [0.25, 0.3) is 0 Å². The monoisotopic (exact) mass is 252 g/mol. The minimum atomic E-state index is 0.191. The van der Waals surface area contributed by atoms with Gasteiger partial charge in [0.1, 0.15) is 0 Å². The molecule has 1 heterocycles. The molecule has 0 N–H and O–H groups in total. The smallest absolute Gasteiger partial charge is 0.0943 e. The molecule has 0 aliphatic carbocycles. The standard InChI is InChI=1S/C8H10BrClS/c1-8(2,3)7-5(9)4-6(10)11-7/h4H,1-3H3. The van der Waals surface area contributed by atoms with Crippen LogP contribution in [0.15, 0.2) is 10.5 Å². The summed E-state index contributed by atoms with van der Waals surface area (Å²) in [6.07, 6.45) is 0. The van der Waals surface area contributed by atoms with Crippen LogP contribution in [0, 0.1) is 0 Å². The minimum Gasteiger partial charge on any atom is -0.127 e. The first-order valence-corrected chi connectivity index (χ1v) is 5.35. The van der Waals surface area contributed by atoms with Crippen molar-refractivity contribution in [2.45, 2.75) is 26.2 Å². The summed E-state index contributed by atoms with van der Waals surface area (Å²) in [4.78, 5) is 1.31. The Morgan fingerprint density at radius 1 is 1.45 bits per heavy atom. The Hall–Kier alpha value is 0.470. The number of hydrogen-bond donors (Lipinski definition) is 0. The maximum Gasteiger partial charge on any atom is 0.0943 e. The van der Waals surface area contributed by atoms with Gasteiger partial charge in [-0.15, -0.1) is 11.3 Å². The zero-order chi connectivity index (χ0) is 8.65. The second-order valence-electron chi connectivity index (χ2n) is 3.48. The zero-order valence-corrected chi connectivity index (χ0v) is 9.90. The first kappa shape index (κ1) is 9.56. The molecular formula is C8H10BrClS. The molecule has 0 amide bonds. The fourth-order valence-electron chi connectivity index (χ4n) is 0.852. The predicted molar refractivity (Wildman–Crippen MR) is 55.7 cm³/mol. The van der Waals surface area contributed by atoms with Crippen molar-refractivity contribution >= 4 is 38.9 Å². The molecule has 0 atom stereocenters. The van der Waals surface area contributed by atoms with Crippen LogP contribution in [0.4, 0.5) is 0 Å². The third-order valence-electron chi connectivity index (χ3n) is 1.34. The first-order valence-electron chi connectivity index (χ1n) is 3.36. The quantitative estimate of drug-likeness (QED) is 0.640. The van der Waals surface area contributed by atoms with Gasteiger partial charge in [-0.2, -0.15) is 0 Å². The normalized spacial score (nSPS) is 12.1. The minimum absolute atomic E-state index is 0.191. The van der Waals surface area contributed by atoms with E-state index >= 15 is 0 Å². The van der Waals surface area contributed by atoms with Gasteiger partial charge in [-0.05, 0) is 27.4 Å². The summed E-state index contributed by atoms with van der Waals surface area (Å²) >= 11 is 11.0. The van der Waals surface area contributed by atoms with Crippen LogP contribution in [0.3, 0.4) is 0 Å². The number of rotatable bonds is 0. The van der Waals surface area contributed by atoms with E-state index in [1.807, 2.05) is 6.07 Å². The van der Waals surface area contributed by atoms with Gasteiger partial charge in [-0.1, -0.05) is 32.4 Å². The fourth-order valence-corrected chi connectivity index (χ4v) is 3.38. The van der Waals surface area contributed by atoms with Crippen molar-refractivity contribution in [1.29, 1.82) is 0 Å². The molecule has 0 unspecified atom stereocenters. The van der Waals surface area contributed by atoms with Crippen LogP contribution in [-0.4, -0.2) is 0 Å². The van der Waals surface area contributed by atoms with Crippen molar-refractivity contribution < 1.29 is 0 Å². The lowest BCUT2D eigenvalue weighted by Gasteiger charge is -2.16. The highest BCUT2D eigenvalue weighted by Crippen LogP contribution is 2.38. The van der Waals surface area contributed by atoms with Gasteiger partial charge in [0.25, 0.3) is 0 Å². The van der Waals surface area contributed by atoms with Gasteiger partial charge in [-0.25, -0.2) is 0 Å². The largest absolute Gasteiger partial charge is 0.127 e. The average molecular weight is 254 g/mol. The lowest BCUT2D eigenvalue weighted by Crippen LogP contribution is -2.08. The molecule has 0 aromatic carbocycles. The van der Waals surface area contributed by atoms with Gasteiger partial charge >= 0.3 is 0 Å². The number of thiophene rings is 1. The zero-order valence-electron chi connectivity index (χ0n) is 6.74. The topological polar surface area (TPSA) is 0 Å². The van der Waals surface area contributed by atoms with Crippen LogP contribution in [0.5, 0.6) is 0 Å². The third-order valence-corrected chi connectivity index (χ3v) is 3.92. The predicted octanol–water partition coefficient (Wildman–Crippen LogP) is 4.46. The lowest BCUT2D eigenvalue weighted by molar-refractivity contribution is 0.601. The Kier molecular flexibility index (Phi) is 2.67. The highest BCUT2D eigenvalue weighted by molar-refractivity contribution is 9.10. The van der Waals surface area contributed by atoms with Gasteiger partial charge in [0.05, 0.1) is 4.34 Å². The molecular weight excluding hydrogens is 244 g/mol. The first-order chi connectivity index (χ1) is 4.91. The van der Waals surface area contributed by atoms with Crippen LogP contribution < -0.4 is 0 Å². The van der Waals surface area contributed by atoms with E-state index in [0.29, 0.717) is 0 Å². The second-order valence-corrected chi connectivity index (χ2v) is 6.02. The summed E-state index contributed by atoms with van der Waals surface area (Å²) < 4.78 is 1.97. The Bertz CT molecular complexity index is 260. The molecule has 0 nitrogen and oxygen atoms in total. The second kappa shape index (κ2) is 3.08. The van der Waals surface area contributed by atoms with Crippen LogP contribution >= 0.6 is 38.9 Å². The lowest BCUT2D eigenvalue weighted by atomic mass is 9.95. The molecule has 0 spiro atoms. The van der Waals surface area contributed by atoms with Gasteiger partial charge in [-0.3, -0.25) is 0 Å². The van der Waals surface area contributed by atoms with Gasteiger partial charge < -0.3 is 0 Å². The van der Waals surface area contributed by atoms with Gasteiger partial charge in [0.15, 0.2) is 0 Å². The Labute approximate surface area is 84.7 Å². The van der Waals surface area contributed by atoms with E-state index in [4.69, 9.17) is 11.6 Å². The van der Waals surface area contributed by atoms with Gasteiger partial charge in [0.2, 0.25) is 0 Å². The molecule has 1 rings (SSSR count). The molecule has 0 bridgehead atoms. The Balaban J connectivity index is 3.13. The van der Waals surface area contributed by atoms with E-state index in [-0.39, 0.29) is 5.41 Å². The van der Waals surface area contributed by atoms with Crippen LogP contribution in [0.1, 0.15) is 25.6 Å². The summed E-state index contributed by atoms with van der Waals surface area (Å²) in [5, 5.41) is 0. The molecule has 3 heteroatoms. The summed E-state index contributed by atoms with van der Waals surface area (Å²) in [5.41, 5.74) is 0.191. The van der Waals surface area contributed by atoms with Crippen LogP contribution in [-0.2, 0) is 5.41 Å². The van der Waals surface area contributed by atoms with Crippen molar-refractivity contribution in [2.24, 2.45) is 0 Å². The van der Waals surface area contributed by atoms with Crippen molar-refractivity contribution in [2.75, 3.05) is 0 Å². The van der Waals surface area contributed by atoms with E-state index in [1.165, 1.54) is 4.88 Å². The highest BCUT2D eigenvalue weighted by atomic mass is 79.9.